The van der Waals surface area contributed by atoms with Gasteiger partial charge in [-0.2, -0.15) is 5.10 Å². The number of fused-ring (bicyclic) bond motifs is 1. The fraction of sp³-hybridized carbons (Fsp3) is 0.500. The standard InChI is InChI=1S/C18H22N4O3/c1-12-19-13(2)22(20-12)14-5-4-8-21(11-14)18(23)15-6-3-7-16-17(15)25-10-9-24-16/h3,6-7,14H,4-5,8-11H2,1-2H3/t14-/m1/s1. The van der Waals surface area contributed by atoms with E-state index in [1.807, 2.05) is 41.6 Å². The van der Waals surface area contributed by atoms with Crippen LogP contribution in [0.15, 0.2) is 18.2 Å². The average Bonchev–Trinajstić information content (AvgIpc) is 2.99. The molecule has 1 atom stereocenters. The summed E-state index contributed by atoms with van der Waals surface area (Å²) in [6.45, 7) is 6.21. The van der Waals surface area contributed by atoms with Gasteiger partial charge in [-0.25, -0.2) is 9.67 Å². The second-order valence-electron chi connectivity index (χ2n) is 6.53. The van der Waals surface area contributed by atoms with E-state index in [1.165, 1.54) is 0 Å². The number of likely N-dealkylation sites (tertiary alicyclic amines) is 1. The van der Waals surface area contributed by atoms with Crippen LogP contribution in [0.3, 0.4) is 0 Å². The lowest BCUT2D eigenvalue weighted by Crippen LogP contribution is -2.41. The minimum absolute atomic E-state index is 0.0125. The highest BCUT2D eigenvalue weighted by atomic mass is 16.6. The first kappa shape index (κ1) is 15.9. The van der Waals surface area contributed by atoms with Crippen molar-refractivity contribution in [2.45, 2.75) is 32.7 Å². The van der Waals surface area contributed by atoms with Crippen molar-refractivity contribution in [1.29, 1.82) is 0 Å². The zero-order valence-electron chi connectivity index (χ0n) is 14.6. The highest BCUT2D eigenvalue weighted by molar-refractivity contribution is 5.98. The zero-order chi connectivity index (χ0) is 17.4. The number of carbonyl (C=O) groups excluding carboxylic acids is 1. The van der Waals surface area contributed by atoms with Gasteiger partial charge in [0.15, 0.2) is 11.5 Å². The maximum atomic E-state index is 13.1. The van der Waals surface area contributed by atoms with Gasteiger partial charge in [-0.05, 0) is 38.8 Å². The number of aryl methyl sites for hydroxylation is 2. The second-order valence-corrected chi connectivity index (χ2v) is 6.53. The molecule has 1 saturated heterocycles. The smallest absolute Gasteiger partial charge is 0.257 e. The van der Waals surface area contributed by atoms with Crippen LogP contribution in [0, 0.1) is 13.8 Å². The summed E-state index contributed by atoms with van der Waals surface area (Å²) in [7, 11) is 0. The van der Waals surface area contributed by atoms with Gasteiger partial charge in [-0.3, -0.25) is 4.79 Å². The third-order valence-electron chi connectivity index (χ3n) is 4.73. The van der Waals surface area contributed by atoms with Crippen LogP contribution in [0.1, 0.15) is 40.9 Å². The van der Waals surface area contributed by atoms with Gasteiger partial charge in [0, 0.05) is 13.1 Å². The quantitative estimate of drug-likeness (QED) is 0.836. The number of hydrogen-bond acceptors (Lipinski definition) is 5. The molecule has 0 bridgehead atoms. The van der Waals surface area contributed by atoms with Crippen LogP contribution in [0.5, 0.6) is 11.5 Å². The number of hydrogen-bond donors (Lipinski definition) is 0. The Bertz CT molecular complexity index is 802. The maximum absolute atomic E-state index is 13.1. The normalized spacial score (nSPS) is 19.8. The third-order valence-corrected chi connectivity index (χ3v) is 4.73. The highest BCUT2D eigenvalue weighted by Gasteiger charge is 2.30. The summed E-state index contributed by atoms with van der Waals surface area (Å²) in [5.41, 5.74) is 0.573. The van der Waals surface area contributed by atoms with E-state index in [2.05, 4.69) is 10.1 Å². The summed E-state index contributed by atoms with van der Waals surface area (Å²) >= 11 is 0. The molecular weight excluding hydrogens is 320 g/mol. The summed E-state index contributed by atoms with van der Waals surface area (Å²) in [6.07, 6.45) is 1.95. The molecule has 2 aliphatic heterocycles. The number of carbonyl (C=O) groups is 1. The minimum atomic E-state index is -0.0125. The lowest BCUT2D eigenvalue weighted by molar-refractivity contribution is 0.0661. The Balaban J connectivity index is 1.57. The number of rotatable bonds is 2. The van der Waals surface area contributed by atoms with Gasteiger partial charge in [0.1, 0.15) is 24.9 Å². The SMILES string of the molecule is Cc1nc(C)n([C@@H]2CCCN(C(=O)c3cccc4c3OCCO4)C2)n1. The molecule has 0 N–H and O–H groups in total. The Hall–Kier alpha value is -2.57. The number of amides is 1. The molecule has 132 valence electrons. The van der Waals surface area contributed by atoms with Gasteiger partial charge in [0.25, 0.3) is 5.91 Å². The van der Waals surface area contributed by atoms with Crippen molar-refractivity contribution < 1.29 is 14.3 Å². The predicted octanol–water partition coefficient (Wildman–Crippen LogP) is 2.14. The van der Waals surface area contributed by atoms with E-state index >= 15 is 0 Å². The van der Waals surface area contributed by atoms with E-state index < -0.39 is 0 Å². The van der Waals surface area contributed by atoms with Crippen molar-refractivity contribution in [2.24, 2.45) is 0 Å². The molecule has 0 spiro atoms. The van der Waals surface area contributed by atoms with Crippen molar-refractivity contribution in [3.05, 3.63) is 35.4 Å². The molecule has 0 unspecified atom stereocenters. The Morgan fingerprint density at radius 1 is 1.24 bits per heavy atom. The van der Waals surface area contributed by atoms with Crippen molar-refractivity contribution in [3.8, 4) is 11.5 Å². The first-order chi connectivity index (χ1) is 12.1. The summed E-state index contributed by atoms with van der Waals surface area (Å²) in [5, 5.41) is 4.49. The van der Waals surface area contributed by atoms with Crippen LogP contribution in [-0.2, 0) is 0 Å². The molecule has 4 rings (SSSR count). The van der Waals surface area contributed by atoms with Gasteiger partial charge >= 0.3 is 0 Å². The number of ether oxygens (including phenoxy) is 2. The van der Waals surface area contributed by atoms with Crippen LogP contribution in [0.4, 0.5) is 0 Å². The number of nitrogens with zero attached hydrogens (tertiary/aromatic N) is 4. The Kier molecular flexibility index (Phi) is 4.07. The molecule has 1 fully saturated rings. The lowest BCUT2D eigenvalue weighted by atomic mass is 10.0. The van der Waals surface area contributed by atoms with Crippen LogP contribution < -0.4 is 9.47 Å². The highest BCUT2D eigenvalue weighted by Crippen LogP contribution is 2.35. The van der Waals surface area contributed by atoms with Gasteiger partial charge in [0.2, 0.25) is 0 Å². The molecule has 2 aromatic rings. The van der Waals surface area contributed by atoms with Crippen LogP contribution in [0.25, 0.3) is 0 Å². The van der Waals surface area contributed by atoms with Crippen LogP contribution in [-0.4, -0.2) is 51.9 Å². The summed E-state index contributed by atoms with van der Waals surface area (Å²) < 4.78 is 13.2. The third kappa shape index (κ3) is 2.94. The molecule has 25 heavy (non-hydrogen) atoms. The van der Waals surface area contributed by atoms with Crippen LogP contribution >= 0.6 is 0 Å². The summed E-state index contributed by atoms with van der Waals surface area (Å²) in [4.78, 5) is 19.4. The number of aromatic nitrogens is 3. The molecule has 1 amide bonds. The van der Waals surface area contributed by atoms with Gasteiger partial charge in [-0.1, -0.05) is 6.07 Å². The van der Waals surface area contributed by atoms with Crippen molar-refractivity contribution in [2.75, 3.05) is 26.3 Å². The second kappa shape index (κ2) is 6.38. The molecule has 7 nitrogen and oxygen atoms in total. The number of benzene rings is 1. The van der Waals surface area contributed by atoms with E-state index in [-0.39, 0.29) is 11.9 Å². The molecule has 0 radical (unpaired) electrons. The van der Waals surface area contributed by atoms with E-state index in [4.69, 9.17) is 9.47 Å². The predicted molar refractivity (Wildman–Crippen MR) is 91.1 cm³/mol. The Morgan fingerprint density at radius 2 is 2.08 bits per heavy atom. The first-order valence-electron chi connectivity index (χ1n) is 8.71. The number of piperidine rings is 1. The maximum Gasteiger partial charge on any atom is 0.257 e. The monoisotopic (exact) mass is 342 g/mol. The molecule has 0 saturated carbocycles. The van der Waals surface area contributed by atoms with Crippen molar-refractivity contribution in [1.82, 2.24) is 19.7 Å². The molecule has 1 aromatic carbocycles. The Labute approximate surface area is 146 Å². The van der Waals surface area contributed by atoms with E-state index in [1.54, 1.807) is 0 Å². The van der Waals surface area contributed by atoms with E-state index in [9.17, 15) is 4.79 Å². The summed E-state index contributed by atoms with van der Waals surface area (Å²) in [5.74, 6) is 2.86. The lowest BCUT2D eigenvalue weighted by Gasteiger charge is -2.33. The van der Waals surface area contributed by atoms with Crippen molar-refractivity contribution >= 4 is 5.91 Å². The molecule has 7 heteroatoms. The molecule has 2 aliphatic rings. The average molecular weight is 342 g/mol. The topological polar surface area (TPSA) is 69.5 Å². The van der Waals surface area contributed by atoms with E-state index in [0.29, 0.717) is 36.8 Å². The van der Waals surface area contributed by atoms with Gasteiger partial charge in [-0.15, -0.1) is 0 Å². The first-order valence-corrected chi connectivity index (χ1v) is 8.71. The molecule has 1 aromatic heterocycles. The zero-order valence-corrected chi connectivity index (χ0v) is 14.6. The van der Waals surface area contributed by atoms with E-state index in [0.717, 1.165) is 31.0 Å². The van der Waals surface area contributed by atoms with Gasteiger partial charge < -0.3 is 14.4 Å². The fourth-order valence-electron chi connectivity index (χ4n) is 3.63. The minimum Gasteiger partial charge on any atom is -0.486 e. The summed E-state index contributed by atoms with van der Waals surface area (Å²) in [6, 6.07) is 5.65. The largest absolute Gasteiger partial charge is 0.486 e. The number of para-hydroxylation sites is 1. The van der Waals surface area contributed by atoms with Crippen molar-refractivity contribution in [3.63, 3.8) is 0 Å². The molecule has 0 aliphatic carbocycles. The molecule has 3 heterocycles. The fourth-order valence-corrected chi connectivity index (χ4v) is 3.63. The van der Waals surface area contributed by atoms with Gasteiger partial charge in [0.05, 0.1) is 11.6 Å². The molecular formula is C18H22N4O3. The van der Waals surface area contributed by atoms with Crippen LogP contribution in [0.2, 0.25) is 0 Å². The Morgan fingerprint density at radius 3 is 2.88 bits per heavy atom.